The van der Waals surface area contributed by atoms with Crippen LogP contribution in [0.5, 0.6) is 0 Å². The Hall–Kier alpha value is -4.49. The molecular weight excluding hydrogens is 438 g/mol. The molecule has 33 heavy (non-hydrogen) atoms. The van der Waals surface area contributed by atoms with Gasteiger partial charge < -0.3 is 11.1 Å². The van der Waals surface area contributed by atoms with E-state index in [2.05, 4.69) is 21.3 Å². The summed E-state index contributed by atoms with van der Waals surface area (Å²) in [4.78, 5) is 36.1. The summed E-state index contributed by atoms with van der Waals surface area (Å²) in [6.45, 7) is 1.75. The first-order valence-corrected chi connectivity index (χ1v) is 10.8. The van der Waals surface area contributed by atoms with Gasteiger partial charge in [-0.05, 0) is 25.1 Å². The minimum absolute atomic E-state index is 0.0548. The number of thiophene rings is 1. The number of aromatic nitrogens is 5. The van der Waals surface area contributed by atoms with E-state index in [1.54, 1.807) is 42.9 Å². The second kappa shape index (κ2) is 7.89. The van der Waals surface area contributed by atoms with Crippen molar-refractivity contribution in [3.05, 3.63) is 81.5 Å². The SMILES string of the molecule is C#Cc1csc2nc([C@H](C)NC(=O)c3c(N)nn4cccnc34)n(-c3ccccc3)c(=O)c12. The van der Waals surface area contributed by atoms with E-state index in [9.17, 15) is 9.59 Å². The van der Waals surface area contributed by atoms with Crippen LogP contribution in [0.3, 0.4) is 0 Å². The highest BCUT2D eigenvalue weighted by molar-refractivity contribution is 7.17. The Labute approximate surface area is 191 Å². The van der Waals surface area contributed by atoms with Gasteiger partial charge in [0, 0.05) is 17.8 Å². The van der Waals surface area contributed by atoms with Gasteiger partial charge in [-0.3, -0.25) is 14.2 Å². The quantitative estimate of drug-likeness (QED) is 0.402. The number of nitrogens with one attached hydrogen (secondary N) is 1. The van der Waals surface area contributed by atoms with Crippen LogP contribution in [0.1, 0.15) is 34.7 Å². The largest absolute Gasteiger partial charge is 0.381 e. The van der Waals surface area contributed by atoms with Gasteiger partial charge in [-0.15, -0.1) is 22.9 Å². The number of fused-ring (bicyclic) bond motifs is 2. The molecular formula is C23H17N7O2S. The van der Waals surface area contributed by atoms with Gasteiger partial charge in [0.25, 0.3) is 11.5 Å². The number of amides is 1. The highest BCUT2D eigenvalue weighted by Gasteiger charge is 2.25. The third-order valence-corrected chi connectivity index (χ3v) is 6.06. The summed E-state index contributed by atoms with van der Waals surface area (Å²) < 4.78 is 2.91. The van der Waals surface area contributed by atoms with E-state index in [1.807, 2.05) is 18.2 Å². The molecule has 162 valence electrons. The van der Waals surface area contributed by atoms with Crippen LogP contribution in [0.2, 0.25) is 0 Å². The molecule has 0 spiro atoms. The van der Waals surface area contributed by atoms with E-state index in [-0.39, 0.29) is 16.9 Å². The van der Waals surface area contributed by atoms with E-state index in [4.69, 9.17) is 17.1 Å². The van der Waals surface area contributed by atoms with Crippen molar-refractivity contribution in [2.24, 2.45) is 0 Å². The number of nitrogens with zero attached hydrogens (tertiary/aromatic N) is 5. The van der Waals surface area contributed by atoms with E-state index in [1.165, 1.54) is 20.4 Å². The first-order chi connectivity index (χ1) is 16.0. The topological polar surface area (TPSA) is 120 Å². The number of carbonyl (C=O) groups is 1. The van der Waals surface area contributed by atoms with Crippen molar-refractivity contribution in [1.82, 2.24) is 29.5 Å². The van der Waals surface area contributed by atoms with Crippen molar-refractivity contribution < 1.29 is 4.79 Å². The van der Waals surface area contributed by atoms with Gasteiger partial charge in [-0.25, -0.2) is 14.5 Å². The number of rotatable bonds is 4. The predicted molar refractivity (Wildman–Crippen MR) is 126 cm³/mol. The van der Waals surface area contributed by atoms with Crippen LogP contribution in [0.4, 0.5) is 5.82 Å². The molecule has 0 aliphatic carbocycles. The van der Waals surface area contributed by atoms with Crippen molar-refractivity contribution in [3.63, 3.8) is 0 Å². The van der Waals surface area contributed by atoms with Crippen LogP contribution in [0.25, 0.3) is 21.6 Å². The Bertz CT molecular complexity index is 1630. The Kier molecular flexibility index (Phi) is 4.88. The van der Waals surface area contributed by atoms with E-state index >= 15 is 0 Å². The number of hydrogen-bond acceptors (Lipinski definition) is 7. The average Bonchev–Trinajstić information content (AvgIpc) is 3.39. The van der Waals surface area contributed by atoms with Crippen LogP contribution in [-0.2, 0) is 0 Å². The van der Waals surface area contributed by atoms with E-state index in [0.717, 1.165) is 0 Å². The molecule has 0 radical (unpaired) electrons. The van der Waals surface area contributed by atoms with Crippen molar-refractivity contribution in [1.29, 1.82) is 0 Å². The molecule has 1 amide bonds. The zero-order valence-electron chi connectivity index (χ0n) is 17.4. The van der Waals surface area contributed by atoms with Gasteiger partial charge in [-0.2, -0.15) is 0 Å². The monoisotopic (exact) mass is 455 g/mol. The van der Waals surface area contributed by atoms with Crippen LogP contribution < -0.4 is 16.6 Å². The Morgan fingerprint density at radius 1 is 1.27 bits per heavy atom. The highest BCUT2D eigenvalue weighted by Crippen LogP contribution is 2.25. The molecule has 0 saturated carbocycles. The van der Waals surface area contributed by atoms with Crippen LogP contribution in [0, 0.1) is 12.3 Å². The Balaban J connectivity index is 1.63. The van der Waals surface area contributed by atoms with Gasteiger partial charge in [-0.1, -0.05) is 24.1 Å². The fourth-order valence-electron chi connectivity index (χ4n) is 3.68. The van der Waals surface area contributed by atoms with Crippen LogP contribution >= 0.6 is 11.3 Å². The van der Waals surface area contributed by atoms with E-state index in [0.29, 0.717) is 32.9 Å². The Morgan fingerprint density at radius 2 is 2.06 bits per heavy atom. The molecule has 0 bridgehead atoms. The molecule has 0 saturated heterocycles. The number of carbonyl (C=O) groups excluding carboxylic acids is 1. The van der Waals surface area contributed by atoms with Gasteiger partial charge in [0.2, 0.25) is 0 Å². The number of para-hydroxylation sites is 1. The van der Waals surface area contributed by atoms with E-state index < -0.39 is 11.9 Å². The molecule has 1 aromatic carbocycles. The molecule has 4 aromatic heterocycles. The molecule has 4 heterocycles. The summed E-state index contributed by atoms with van der Waals surface area (Å²) in [5.41, 5.74) is 7.28. The lowest BCUT2D eigenvalue weighted by Gasteiger charge is -2.19. The number of hydrogen-bond donors (Lipinski definition) is 2. The molecule has 0 unspecified atom stereocenters. The van der Waals surface area contributed by atoms with Gasteiger partial charge >= 0.3 is 0 Å². The fraction of sp³-hybridized carbons (Fsp3) is 0.0870. The van der Waals surface area contributed by atoms with Crippen molar-refractivity contribution in [2.75, 3.05) is 5.73 Å². The zero-order chi connectivity index (χ0) is 23.1. The predicted octanol–water partition coefficient (Wildman–Crippen LogP) is 2.54. The lowest BCUT2D eigenvalue weighted by Crippen LogP contribution is -2.33. The first kappa shape index (κ1) is 20.4. The fourth-order valence-corrected chi connectivity index (χ4v) is 4.56. The molecule has 1 atom stereocenters. The second-order valence-electron chi connectivity index (χ2n) is 7.26. The normalized spacial score (nSPS) is 12.0. The molecule has 0 aliphatic rings. The van der Waals surface area contributed by atoms with Gasteiger partial charge in [0.15, 0.2) is 11.5 Å². The molecule has 0 fully saturated rings. The minimum Gasteiger partial charge on any atom is -0.381 e. The third kappa shape index (κ3) is 3.31. The summed E-state index contributed by atoms with van der Waals surface area (Å²) in [6.07, 6.45) is 8.80. The summed E-state index contributed by atoms with van der Waals surface area (Å²) in [7, 11) is 0. The minimum atomic E-state index is -0.649. The summed E-state index contributed by atoms with van der Waals surface area (Å²) in [5, 5.41) is 9.12. The molecule has 5 rings (SSSR count). The summed E-state index contributed by atoms with van der Waals surface area (Å²) in [5.74, 6) is 2.49. The van der Waals surface area contributed by atoms with Crippen molar-refractivity contribution in [2.45, 2.75) is 13.0 Å². The number of benzene rings is 1. The number of nitrogens with two attached hydrogens (primary N) is 1. The maximum atomic E-state index is 13.5. The molecule has 9 nitrogen and oxygen atoms in total. The van der Waals surface area contributed by atoms with Crippen LogP contribution in [0.15, 0.2) is 59.0 Å². The number of nitrogen functional groups attached to an aromatic ring is 1. The summed E-state index contributed by atoms with van der Waals surface area (Å²) >= 11 is 1.29. The zero-order valence-corrected chi connectivity index (χ0v) is 18.2. The highest BCUT2D eigenvalue weighted by atomic mass is 32.1. The smallest absolute Gasteiger partial charge is 0.268 e. The average molecular weight is 456 g/mol. The summed E-state index contributed by atoms with van der Waals surface area (Å²) in [6, 6.07) is 10.1. The second-order valence-corrected chi connectivity index (χ2v) is 8.12. The molecule has 10 heteroatoms. The number of anilines is 1. The van der Waals surface area contributed by atoms with Gasteiger partial charge in [0.05, 0.1) is 22.7 Å². The lowest BCUT2D eigenvalue weighted by atomic mass is 10.2. The standard InChI is InChI=1S/C23H17N7O2S/c1-3-14-12-33-22-16(14)23(32)30(15-8-5-4-6-9-15)19(27-22)13(2)26-21(31)17-18(24)28-29-11-7-10-25-20(17)29/h1,4-13H,2H3,(H2,24,28)(H,26,31)/t13-/m0/s1. The lowest BCUT2D eigenvalue weighted by molar-refractivity contribution is 0.0940. The van der Waals surface area contributed by atoms with Crippen LogP contribution in [-0.4, -0.2) is 30.1 Å². The Morgan fingerprint density at radius 3 is 2.82 bits per heavy atom. The van der Waals surface area contributed by atoms with Crippen molar-refractivity contribution >= 4 is 38.9 Å². The molecule has 5 aromatic rings. The van der Waals surface area contributed by atoms with Crippen molar-refractivity contribution in [3.8, 4) is 18.0 Å². The number of terminal acetylenes is 1. The first-order valence-electron chi connectivity index (χ1n) is 9.95. The third-order valence-electron chi connectivity index (χ3n) is 5.19. The molecule has 3 N–H and O–H groups in total. The maximum Gasteiger partial charge on any atom is 0.268 e. The van der Waals surface area contributed by atoms with Gasteiger partial charge in [0.1, 0.15) is 16.2 Å². The maximum absolute atomic E-state index is 13.5. The molecule has 0 aliphatic heterocycles.